The zero-order valence-electron chi connectivity index (χ0n) is 9.24. The summed E-state index contributed by atoms with van der Waals surface area (Å²) in [7, 11) is 0. The van der Waals surface area contributed by atoms with Gasteiger partial charge in [-0.05, 0) is 25.2 Å². The van der Waals surface area contributed by atoms with E-state index >= 15 is 0 Å². The zero-order chi connectivity index (χ0) is 10.7. The van der Waals surface area contributed by atoms with Crippen LogP contribution < -0.4 is 5.32 Å². The third-order valence-corrected chi connectivity index (χ3v) is 2.64. The molecular formula is C11H18N4. The molecule has 1 aromatic rings. The van der Waals surface area contributed by atoms with Crippen molar-refractivity contribution in [1.82, 2.24) is 20.3 Å². The predicted molar refractivity (Wildman–Crippen MR) is 59.3 cm³/mol. The second-order valence-electron chi connectivity index (χ2n) is 4.33. The van der Waals surface area contributed by atoms with Crippen molar-refractivity contribution in [2.24, 2.45) is 5.92 Å². The van der Waals surface area contributed by atoms with Gasteiger partial charge in [-0.3, -0.25) is 0 Å². The van der Waals surface area contributed by atoms with Crippen LogP contribution in [0.15, 0.2) is 18.5 Å². The fourth-order valence-corrected chi connectivity index (χ4v) is 1.91. The maximum Gasteiger partial charge on any atom is 0.0827 e. The molecule has 4 nitrogen and oxygen atoms in total. The normalized spacial score (nSPS) is 23.0. The fraction of sp³-hybridized carbons (Fsp3) is 0.636. The van der Waals surface area contributed by atoms with Gasteiger partial charge < -0.3 is 5.32 Å². The molecule has 0 spiro atoms. The third-order valence-electron chi connectivity index (χ3n) is 2.64. The monoisotopic (exact) mass is 206 g/mol. The summed E-state index contributed by atoms with van der Waals surface area (Å²) in [5.41, 5.74) is 2.23. The Morgan fingerprint density at radius 1 is 1.60 bits per heavy atom. The maximum absolute atomic E-state index is 4.44. The highest BCUT2D eigenvalue weighted by molar-refractivity contribution is 4.95. The molecule has 0 saturated carbocycles. The van der Waals surface area contributed by atoms with Crippen molar-refractivity contribution in [3.63, 3.8) is 0 Å². The van der Waals surface area contributed by atoms with Crippen molar-refractivity contribution in [1.29, 1.82) is 0 Å². The Balaban J connectivity index is 2.09. The number of hydrogen-bond acceptors (Lipinski definition) is 3. The molecule has 0 saturated heterocycles. The summed E-state index contributed by atoms with van der Waals surface area (Å²) in [5, 5.41) is 12.1. The lowest BCUT2D eigenvalue weighted by Crippen LogP contribution is -2.18. The van der Waals surface area contributed by atoms with E-state index in [0.29, 0.717) is 5.92 Å². The van der Waals surface area contributed by atoms with Crippen molar-refractivity contribution in [2.75, 3.05) is 6.54 Å². The van der Waals surface area contributed by atoms with Crippen molar-refractivity contribution in [3.05, 3.63) is 24.2 Å². The van der Waals surface area contributed by atoms with Gasteiger partial charge in [0.15, 0.2) is 0 Å². The third kappa shape index (κ3) is 2.81. The average Bonchev–Trinajstić information content (AvgIpc) is 2.57. The molecule has 0 amide bonds. The second-order valence-corrected chi connectivity index (χ2v) is 4.33. The molecule has 1 aromatic heterocycles. The van der Waals surface area contributed by atoms with E-state index in [-0.39, 0.29) is 0 Å². The molecule has 2 heterocycles. The van der Waals surface area contributed by atoms with Gasteiger partial charge >= 0.3 is 0 Å². The van der Waals surface area contributed by atoms with Gasteiger partial charge in [0.05, 0.1) is 18.4 Å². The first kappa shape index (κ1) is 10.2. The van der Waals surface area contributed by atoms with Gasteiger partial charge in [-0.15, -0.1) is 0 Å². The van der Waals surface area contributed by atoms with Crippen molar-refractivity contribution in [3.8, 4) is 0 Å². The number of nitrogens with one attached hydrogen (secondary N) is 1. The lowest BCUT2D eigenvalue weighted by atomic mass is 10.1. The van der Waals surface area contributed by atoms with Crippen LogP contribution in [-0.4, -0.2) is 21.5 Å². The van der Waals surface area contributed by atoms with Crippen molar-refractivity contribution < 1.29 is 0 Å². The topological polar surface area (TPSA) is 42.7 Å². The standard InChI is InChI=1S/C11H18N4/c1-9-6-10(2)12-5-3-4-11-7-13-15(8-9)14-11/h7,9,12H,2-6,8H2,1H3. The van der Waals surface area contributed by atoms with Crippen LogP contribution in [0.3, 0.4) is 0 Å². The summed E-state index contributed by atoms with van der Waals surface area (Å²) < 4.78 is 0. The van der Waals surface area contributed by atoms with Gasteiger partial charge in [0.1, 0.15) is 0 Å². The highest BCUT2D eigenvalue weighted by Gasteiger charge is 2.09. The summed E-state index contributed by atoms with van der Waals surface area (Å²) in [6, 6.07) is 0. The Bertz CT molecular complexity index is 342. The molecule has 15 heavy (non-hydrogen) atoms. The summed E-state index contributed by atoms with van der Waals surface area (Å²) in [5.74, 6) is 0.531. The minimum Gasteiger partial charge on any atom is -0.389 e. The van der Waals surface area contributed by atoms with Gasteiger partial charge in [-0.2, -0.15) is 15.0 Å². The number of allylic oxidation sites excluding steroid dienone is 1. The quantitative estimate of drug-likeness (QED) is 0.697. The summed E-state index contributed by atoms with van der Waals surface area (Å²) >= 11 is 0. The van der Waals surface area contributed by atoms with E-state index in [4.69, 9.17) is 0 Å². The number of hydrogen-bond donors (Lipinski definition) is 1. The van der Waals surface area contributed by atoms with Crippen LogP contribution in [-0.2, 0) is 13.0 Å². The lowest BCUT2D eigenvalue weighted by Gasteiger charge is -2.13. The molecule has 1 aliphatic rings. The minimum absolute atomic E-state index is 0.531. The molecule has 0 aromatic carbocycles. The van der Waals surface area contributed by atoms with E-state index in [1.807, 2.05) is 6.20 Å². The smallest absolute Gasteiger partial charge is 0.0827 e. The van der Waals surface area contributed by atoms with Crippen LogP contribution in [0.2, 0.25) is 0 Å². The maximum atomic E-state index is 4.44. The highest BCUT2D eigenvalue weighted by Crippen LogP contribution is 2.11. The molecule has 0 aliphatic carbocycles. The van der Waals surface area contributed by atoms with Crippen LogP contribution in [0.5, 0.6) is 0 Å². The lowest BCUT2D eigenvalue weighted by molar-refractivity contribution is 0.404. The Morgan fingerprint density at radius 2 is 2.47 bits per heavy atom. The molecule has 4 heteroatoms. The van der Waals surface area contributed by atoms with Crippen LogP contribution in [0.25, 0.3) is 0 Å². The summed E-state index contributed by atoms with van der Waals surface area (Å²) in [4.78, 5) is 1.80. The molecule has 82 valence electrons. The first-order valence-electron chi connectivity index (χ1n) is 5.54. The van der Waals surface area contributed by atoms with Gasteiger partial charge in [-0.1, -0.05) is 13.5 Å². The zero-order valence-corrected chi connectivity index (χ0v) is 9.24. The van der Waals surface area contributed by atoms with Crippen LogP contribution in [0, 0.1) is 5.92 Å². The SMILES string of the molecule is C=C1CC(C)Cn2ncc(n2)CCCN1. The van der Waals surface area contributed by atoms with Crippen molar-refractivity contribution in [2.45, 2.75) is 32.7 Å². The molecule has 0 radical (unpaired) electrons. The van der Waals surface area contributed by atoms with E-state index in [1.54, 1.807) is 4.80 Å². The Kier molecular flexibility index (Phi) is 3.04. The Morgan fingerprint density at radius 3 is 3.33 bits per heavy atom. The van der Waals surface area contributed by atoms with Crippen molar-refractivity contribution >= 4 is 0 Å². The molecule has 1 unspecified atom stereocenters. The van der Waals surface area contributed by atoms with Gasteiger partial charge in [0, 0.05) is 12.2 Å². The van der Waals surface area contributed by atoms with Gasteiger partial charge in [0.2, 0.25) is 0 Å². The van der Waals surface area contributed by atoms with E-state index in [1.165, 1.54) is 0 Å². The van der Waals surface area contributed by atoms with E-state index < -0.39 is 0 Å². The highest BCUT2D eigenvalue weighted by atomic mass is 15.5. The first-order valence-corrected chi connectivity index (χ1v) is 5.54. The fourth-order valence-electron chi connectivity index (χ4n) is 1.91. The number of rotatable bonds is 0. The van der Waals surface area contributed by atoms with Gasteiger partial charge in [-0.25, -0.2) is 0 Å². The number of aryl methyl sites for hydroxylation is 1. The average molecular weight is 206 g/mol. The summed E-state index contributed by atoms with van der Waals surface area (Å²) in [6.45, 7) is 8.09. The molecule has 2 rings (SSSR count). The van der Waals surface area contributed by atoms with E-state index in [2.05, 4.69) is 29.0 Å². The second kappa shape index (κ2) is 4.47. The number of aromatic nitrogens is 3. The molecular weight excluding hydrogens is 188 g/mol. The summed E-state index contributed by atoms with van der Waals surface area (Å²) in [6.07, 6.45) is 4.96. The Hall–Kier alpha value is -1.32. The molecule has 1 atom stereocenters. The van der Waals surface area contributed by atoms with Crippen LogP contribution in [0.1, 0.15) is 25.5 Å². The first-order chi connectivity index (χ1) is 7.24. The molecule has 1 N–H and O–H groups in total. The van der Waals surface area contributed by atoms with Gasteiger partial charge in [0.25, 0.3) is 0 Å². The largest absolute Gasteiger partial charge is 0.389 e. The molecule has 1 aliphatic heterocycles. The molecule has 2 bridgehead atoms. The van der Waals surface area contributed by atoms with Crippen LogP contribution >= 0.6 is 0 Å². The molecule has 0 fully saturated rings. The van der Waals surface area contributed by atoms with Crippen LogP contribution in [0.4, 0.5) is 0 Å². The Labute approximate surface area is 90.4 Å². The van der Waals surface area contributed by atoms with E-state index in [9.17, 15) is 0 Å². The van der Waals surface area contributed by atoms with E-state index in [0.717, 1.165) is 43.7 Å². The predicted octanol–water partition coefficient (Wildman–Crippen LogP) is 1.35. The number of fused-ring (bicyclic) bond motifs is 2. The minimum atomic E-state index is 0.531. The number of nitrogens with zero attached hydrogens (tertiary/aromatic N) is 3.